The van der Waals surface area contributed by atoms with Gasteiger partial charge in [-0.1, -0.05) is 19.4 Å². The lowest BCUT2D eigenvalue weighted by atomic mass is 9.58. The van der Waals surface area contributed by atoms with Crippen molar-refractivity contribution in [3.63, 3.8) is 0 Å². The van der Waals surface area contributed by atoms with Gasteiger partial charge in [0.1, 0.15) is 11.6 Å². The SMILES string of the molecule is CCC[C@]12c3c4ccc(O)c3O[C@H]1C(O)(C(=O)O)C[C@@]2(O)[C@H]([NH2+]CC1CC1)C4. The van der Waals surface area contributed by atoms with E-state index in [1.165, 1.54) is 12.8 Å². The summed E-state index contributed by atoms with van der Waals surface area (Å²) in [5.41, 5.74) is -3.00. The van der Waals surface area contributed by atoms with E-state index in [9.17, 15) is 25.2 Å². The molecule has 4 aliphatic rings. The number of rotatable bonds is 6. The number of carboxylic acid groups (broad SMARTS) is 1. The summed E-state index contributed by atoms with van der Waals surface area (Å²) in [6.07, 6.45) is 2.75. The van der Waals surface area contributed by atoms with Crippen LogP contribution in [0.25, 0.3) is 0 Å². The number of benzene rings is 1. The highest BCUT2D eigenvalue weighted by molar-refractivity contribution is 5.82. The van der Waals surface area contributed by atoms with Gasteiger partial charge in [0, 0.05) is 24.3 Å². The van der Waals surface area contributed by atoms with E-state index in [1.807, 2.05) is 13.0 Å². The van der Waals surface area contributed by atoms with Gasteiger partial charge in [0.2, 0.25) is 5.60 Å². The molecule has 1 aromatic carbocycles. The number of aliphatic carboxylic acids is 1. The second kappa shape index (κ2) is 5.62. The fourth-order valence-electron chi connectivity index (χ4n) is 6.26. The van der Waals surface area contributed by atoms with Crippen LogP contribution in [0.5, 0.6) is 11.5 Å². The molecule has 0 spiro atoms. The highest BCUT2D eigenvalue weighted by atomic mass is 16.5. The quantitative estimate of drug-likeness (QED) is 0.467. The van der Waals surface area contributed by atoms with Gasteiger partial charge in [-0.2, -0.15) is 0 Å². The number of carbonyl (C=O) groups is 1. The molecule has 0 bridgehead atoms. The van der Waals surface area contributed by atoms with Gasteiger partial charge in [-0.25, -0.2) is 4.79 Å². The van der Waals surface area contributed by atoms with Gasteiger partial charge in [0.25, 0.3) is 0 Å². The first kappa shape index (κ1) is 18.2. The van der Waals surface area contributed by atoms with E-state index in [0.29, 0.717) is 30.7 Å². The summed E-state index contributed by atoms with van der Waals surface area (Å²) >= 11 is 0. The molecule has 1 unspecified atom stereocenters. The van der Waals surface area contributed by atoms with Gasteiger partial charge >= 0.3 is 5.97 Å². The fraction of sp³-hybridized carbons (Fsp3) is 0.667. The molecule has 0 saturated heterocycles. The van der Waals surface area contributed by atoms with Crippen LogP contribution in [-0.2, 0) is 16.6 Å². The molecule has 0 radical (unpaired) electrons. The van der Waals surface area contributed by atoms with Crippen LogP contribution in [0.15, 0.2) is 12.1 Å². The molecular formula is C21H28NO6+. The minimum atomic E-state index is -2.21. The Bertz CT molecular complexity index is 854. The average molecular weight is 390 g/mol. The number of aromatic hydroxyl groups is 1. The van der Waals surface area contributed by atoms with Gasteiger partial charge in [-0.3, -0.25) is 0 Å². The van der Waals surface area contributed by atoms with E-state index in [2.05, 4.69) is 5.32 Å². The summed E-state index contributed by atoms with van der Waals surface area (Å²) in [5, 5.41) is 45.8. The summed E-state index contributed by atoms with van der Waals surface area (Å²) in [5.74, 6) is -0.572. The summed E-state index contributed by atoms with van der Waals surface area (Å²) in [6.45, 7) is 2.88. The number of phenols is 1. The molecule has 5 atom stereocenters. The third-order valence-corrected chi connectivity index (χ3v) is 7.62. The van der Waals surface area contributed by atoms with Crippen molar-refractivity contribution in [2.45, 2.75) is 74.2 Å². The molecule has 6 N–H and O–H groups in total. The first-order chi connectivity index (χ1) is 13.3. The first-order valence-corrected chi connectivity index (χ1v) is 10.3. The molecular weight excluding hydrogens is 362 g/mol. The molecule has 2 saturated carbocycles. The Kier molecular flexibility index (Phi) is 3.65. The summed E-state index contributed by atoms with van der Waals surface area (Å²) in [4.78, 5) is 12.1. The summed E-state index contributed by atoms with van der Waals surface area (Å²) in [6, 6.07) is 3.16. The highest BCUT2D eigenvalue weighted by Gasteiger charge is 2.80. The lowest BCUT2D eigenvalue weighted by Gasteiger charge is -2.48. The van der Waals surface area contributed by atoms with Crippen molar-refractivity contribution in [3.05, 3.63) is 23.3 Å². The standard InChI is InChI=1S/C21H27NO6/c1-2-7-19-15-12-5-6-13(23)16(15)28-17(19)20(26,18(24)25)10-21(19,27)14(8-12)22-9-11-3-4-11/h5-6,11,14,17,22-23,26-27H,2-4,7-10H2,1H3,(H,24,25)/p+1/t14-,17-,19+,20?,21-/m1/s1. The van der Waals surface area contributed by atoms with E-state index >= 15 is 0 Å². The molecule has 28 heavy (non-hydrogen) atoms. The van der Waals surface area contributed by atoms with Gasteiger partial charge in [-0.05, 0) is 30.9 Å². The summed E-state index contributed by atoms with van der Waals surface area (Å²) < 4.78 is 5.98. The van der Waals surface area contributed by atoms with Crippen LogP contribution < -0.4 is 10.1 Å². The number of quaternary nitrogens is 1. The molecule has 3 aliphatic carbocycles. The Morgan fingerprint density at radius 3 is 2.71 bits per heavy atom. The van der Waals surface area contributed by atoms with Crippen LogP contribution >= 0.6 is 0 Å². The van der Waals surface area contributed by atoms with E-state index in [-0.39, 0.29) is 24.0 Å². The zero-order valence-corrected chi connectivity index (χ0v) is 16.0. The molecule has 152 valence electrons. The molecule has 7 nitrogen and oxygen atoms in total. The highest BCUT2D eigenvalue weighted by Crippen LogP contribution is 2.67. The zero-order chi connectivity index (χ0) is 19.9. The molecule has 0 amide bonds. The average Bonchev–Trinajstić information content (AvgIpc) is 3.35. The molecule has 2 fully saturated rings. The second-order valence-corrected chi connectivity index (χ2v) is 9.22. The van der Waals surface area contributed by atoms with Crippen molar-refractivity contribution in [2.75, 3.05) is 6.54 Å². The van der Waals surface area contributed by atoms with Crippen LogP contribution in [0.1, 0.15) is 50.2 Å². The zero-order valence-electron chi connectivity index (χ0n) is 16.0. The van der Waals surface area contributed by atoms with Crippen LogP contribution in [0.4, 0.5) is 0 Å². The van der Waals surface area contributed by atoms with Gasteiger partial charge in [-0.15, -0.1) is 0 Å². The Balaban J connectivity index is 1.73. The van der Waals surface area contributed by atoms with Crippen molar-refractivity contribution < 1.29 is 35.3 Å². The molecule has 7 heteroatoms. The largest absolute Gasteiger partial charge is 0.504 e. The number of hydrogen-bond donors (Lipinski definition) is 5. The van der Waals surface area contributed by atoms with E-state index in [4.69, 9.17) is 4.74 Å². The third-order valence-electron chi connectivity index (χ3n) is 7.62. The van der Waals surface area contributed by atoms with Crippen LogP contribution in [-0.4, -0.2) is 56.3 Å². The molecule has 5 rings (SSSR count). The molecule has 1 heterocycles. The van der Waals surface area contributed by atoms with Crippen molar-refractivity contribution in [3.8, 4) is 11.5 Å². The van der Waals surface area contributed by atoms with E-state index < -0.39 is 28.7 Å². The maximum Gasteiger partial charge on any atom is 0.339 e. The van der Waals surface area contributed by atoms with Crippen molar-refractivity contribution in [1.29, 1.82) is 0 Å². The van der Waals surface area contributed by atoms with Crippen LogP contribution in [0.2, 0.25) is 0 Å². The number of nitrogens with two attached hydrogens (primary N) is 1. The number of carboxylic acids is 1. The number of phenolic OH excluding ortho intramolecular Hbond substituents is 1. The van der Waals surface area contributed by atoms with Gasteiger partial charge in [0.15, 0.2) is 17.6 Å². The topological polar surface area (TPSA) is 124 Å². The smallest absolute Gasteiger partial charge is 0.339 e. The number of aliphatic hydroxyl groups is 2. The van der Waals surface area contributed by atoms with Gasteiger partial charge in [0.05, 0.1) is 12.0 Å². The maximum atomic E-state index is 12.1. The predicted molar refractivity (Wildman–Crippen MR) is 98.3 cm³/mol. The normalized spacial score (nSPS) is 40.2. The Morgan fingerprint density at radius 2 is 2.07 bits per heavy atom. The first-order valence-electron chi connectivity index (χ1n) is 10.3. The van der Waals surface area contributed by atoms with Crippen molar-refractivity contribution in [1.82, 2.24) is 0 Å². The van der Waals surface area contributed by atoms with Crippen molar-refractivity contribution in [2.24, 2.45) is 5.92 Å². The number of hydrogen-bond acceptors (Lipinski definition) is 5. The van der Waals surface area contributed by atoms with Gasteiger partial charge < -0.3 is 30.5 Å². The summed E-state index contributed by atoms with van der Waals surface area (Å²) in [7, 11) is 0. The molecule has 1 aromatic rings. The lowest BCUT2D eigenvalue weighted by molar-refractivity contribution is -0.708. The Morgan fingerprint density at radius 1 is 1.32 bits per heavy atom. The number of ether oxygens (including phenoxy) is 1. The lowest BCUT2D eigenvalue weighted by Crippen LogP contribution is -2.97. The molecule has 0 aromatic heterocycles. The Labute approximate surface area is 163 Å². The van der Waals surface area contributed by atoms with Crippen LogP contribution in [0.3, 0.4) is 0 Å². The monoisotopic (exact) mass is 390 g/mol. The molecule has 1 aliphatic heterocycles. The van der Waals surface area contributed by atoms with E-state index in [0.717, 1.165) is 12.1 Å². The maximum absolute atomic E-state index is 12.1. The van der Waals surface area contributed by atoms with E-state index in [1.54, 1.807) is 6.07 Å². The van der Waals surface area contributed by atoms with Crippen molar-refractivity contribution >= 4 is 5.97 Å². The third kappa shape index (κ3) is 2.02. The second-order valence-electron chi connectivity index (χ2n) is 9.22. The Hall–Kier alpha value is -1.83. The fourth-order valence-corrected chi connectivity index (χ4v) is 6.26. The minimum absolute atomic E-state index is 0.0703. The minimum Gasteiger partial charge on any atom is -0.504 e. The predicted octanol–water partition coefficient (Wildman–Crippen LogP) is 0.0397. The van der Waals surface area contributed by atoms with Crippen LogP contribution in [0, 0.1) is 5.92 Å².